The molecule has 0 aromatic heterocycles. The van der Waals surface area contributed by atoms with Gasteiger partial charge in [0.2, 0.25) is 0 Å². The summed E-state index contributed by atoms with van der Waals surface area (Å²) in [6, 6.07) is 9.77. The summed E-state index contributed by atoms with van der Waals surface area (Å²) in [5.41, 5.74) is 1.11. The van der Waals surface area contributed by atoms with Crippen LogP contribution < -0.4 is 0 Å². The first-order valence-corrected chi connectivity index (χ1v) is 7.73. The number of carbonyl (C=O) groups is 2. The summed E-state index contributed by atoms with van der Waals surface area (Å²) in [6.07, 6.45) is 1.29. The van der Waals surface area contributed by atoms with E-state index in [2.05, 4.69) is 0 Å². The van der Waals surface area contributed by atoms with Crippen LogP contribution in [0.5, 0.6) is 0 Å². The Morgan fingerprint density at radius 3 is 2.50 bits per heavy atom. The Hall–Kier alpha value is -1.72. The molecule has 5 heteroatoms. The fraction of sp³-hybridized carbons (Fsp3) is 0.529. The Balaban J connectivity index is 1.80. The number of aryl methyl sites for hydroxylation is 1. The fourth-order valence-electron chi connectivity index (χ4n) is 2.65. The highest BCUT2D eigenvalue weighted by Crippen LogP contribution is 2.15. The molecule has 0 unspecified atom stereocenters. The van der Waals surface area contributed by atoms with Crippen molar-refractivity contribution in [1.29, 1.82) is 0 Å². The molecule has 1 fully saturated rings. The topological polar surface area (TPSA) is 66.8 Å². The van der Waals surface area contributed by atoms with Gasteiger partial charge in [-0.25, -0.2) is 0 Å². The molecule has 5 nitrogen and oxygen atoms in total. The fourth-order valence-corrected chi connectivity index (χ4v) is 2.65. The molecule has 2 rings (SSSR count). The normalized spacial score (nSPS) is 17.1. The minimum atomic E-state index is -0.883. The van der Waals surface area contributed by atoms with E-state index in [0.717, 1.165) is 18.7 Å². The minimum Gasteiger partial charge on any atom is -0.481 e. The van der Waals surface area contributed by atoms with E-state index >= 15 is 0 Å². The van der Waals surface area contributed by atoms with Gasteiger partial charge in [0.1, 0.15) is 5.78 Å². The highest BCUT2D eigenvalue weighted by Gasteiger charge is 2.23. The van der Waals surface area contributed by atoms with Crippen LogP contribution in [-0.2, 0) is 20.7 Å². The molecule has 1 atom stereocenters. The van der Waals surface area contributed by atoms with Gasteiger partial charge in [0.15, 0.2) is 0 Å². The molecular weight excluding hydrogens is 282 g/mol. The first-order valence-electron chi connectivity index (χ1n) is 7.73. The highest BCUT2D eigenvalue weighted by atomic mass is 16.5. The van der Waals surface area contributed by atoms with Gasteiger partial charge in [-0.3, -0.25) is 14.5 Å². The van der Waals surface area contributed by atoms with Gasteiger partial charge in [-0.2, -0.15) is 0 Å². The van der Waals surface area contributed by atoms with Crippen LogP contribution in [0.15, 0.2) is 30.3 Å². The number of ether oxygens (including phenoxy) is 1. The molecule has 1 aromatic carbocycles. The number of hydrogen-bond acceptors (Lipinski definition) is 4. The molecule has 1 N–H and O–H groups in total. The first kappa shape index (κ1) is 16.6. The van der Waals surface area contributed by atoms with Crippen LogP contribution in [0.25, 0.3) is 0 Å². The van der Waals surface area contributed by atoms with Gasteiger partial charge >= 0.3 is 5.97 Å². The van der Waals surface area contributed by atoms with Crippen molar-refractivity contribution in [2.75, 3.05) is 32.8 Å². The lowest BCUT2D eigenvalue weighted by Gasteiger charge is -2.26. The largest absolute Gasteiger partial charge is 0.481 e. The number of carbonyl (C=O) groups excluding carboxylic acids is 1. The third-order valence-electron chi connectivity index (χ3n) is 3.95. The monoisotopic (exact) mass is 305 g/mol. The smallest absolute Gasteiger partial charge is 0.306 e. The number of Topliss-reactive ketones (excluding diaryl/α,β-unsaturated/α-hetero) is 1. The molecule has 0 amide bonds. The number of benzene rings is 1. The van der Waals surface area contributed by atoms with Gasteiger partial charge in [-0.15, -0.1) is 0 Å². The maximum Gasteiger partial charge on any atom is 0.306 e. The predicted molar refractivity (Wildman–Crippen MR) is 82.8 cm³/mol. The first-order chi connectivity index (χ1) is 10.6. The Labute approximate surface area is 130 Å². The lowest BCUT2D eigenvalue weighted by Crippen LogP contribution is -2.40. The molecule has 1 aliphatic rings. The van der Waals surface area contributed by atoms with E-state index in [-0.39, 0.29) is 12.2 Å². The van der Waals surface area contributed by atoms with E-state index in [1.165, 1.54) is 0 Å². The van der Waals surface area contributed by atoms with Crippen LogP contribution >= 0.6 is 0 Å². The van der Waals surface area contributed by atoms with Gasteiger partial charge in [0.25, 0.3) is 0 Å². The van der Waals surface area contributed by atoms with E-state index in [9.17, 15) is 14.7 Å². The lowest BCUT2D eigenvalue weighted by molar-refractivity contribution is -0.144. The molecule has 0 bridgehead atoms. The van der Waals surface area contributed by atoms with Crippen molar-refractivity contribution in [3.8, 4) is 0 Å². The molecule has 1 aromatic rings. The van der Waals surface area contributed by atoms with Gasteiger partial charge in [-0.05, 0) is 18.4 Å². The minimum absolute atomic E-state index is 0.00219. The van der Waals surface area contributed by atoms with Gasteiger partial charge in [0, 0.05) is 19.5 Å². The summed E-state index contributed by atoms with van der Waals surface area (Å²) in [5.74, 6) is -1.48. The van der Waals surface area contributed by atoms with Crippen molar-refractivity contribution >= 4 is 11.8 Å². The second kappa shape index (κ2) is 8.66. The summed E-state index contributed by atoms with van der Waals surface area (Å²) in [7, 11) is 0. The summed E-state index contributed by atoms with van der Waals surface area (Å²) in [4.78, 5) is 25.5. The van der Waals surface area contributed by atoms with Gasteiger partial charge in [0.05, 0.1) is 25.7 Å². The Kier molecular flexibility index (Phi) is 6.55. The van der Waals surface area contributed by atoms with Crippen molar-refractivity contribution < 1.29 is 19.4 Å². The van der Waals surface area contributed by atoms with Crippen LogP contribution in [0.4, 0.5) is 0 Å². The Bertz CT molecular complexity index is 483. The molecule has 0 spiro atoms. The molecule has 0 saturated carbocycles. The van der Waals surface area contributed by atoms with Crippen LogP contribution in [0.2, 0.25) is 0 Å². The molecular formula is C17H23NO4. The standard InChI is InChI=1S/C17H23NO4/c19-16(13-18-8-10-22-11-9-18)12-15(17(20)21)7-6-14-4-2-1-3-5-14/h1-5,15H,6-13H2,(H,20,21)/t15-/m1/s1. The Morgan fingerprint density at radius 1 is 1.18 bits per heavy atom. The van der Waals surface area contributed by atoms with Crippen molar-refractivity contribution in [2.45, 2.75) is 19.3 Å². The molecule has 0 radical (unpaired) electrons. The zero-order chi connectivity index (χ0) is 15.8. The molecule has 1 aliphatic heterocycles. The Morgan fingerprint density at radius 2 is 1.86 bits per heavy atom. The van der Waals surface area contributed by atoms with E-state index in [0.29, 0.717) is 32.6 Å². The van der Waals surface area contributed by atoms with Gasteiger partial charge < -0.3 is 9.84 Å². The maximum atomic E-state index is 12.1. The number of nitrogens with zero attached hydrogens (tertiary/aromatic N) is 1. The number of carboxylic acid groups (broad SMARTS) is 1. The summed E-state index contributed by atoms with van der Waals surface area (Å²) < 4.78 is 5.24. The van der Waals surface area contributed by atoms with Crippen LogP contribution in [0, 0.1) is 5.92 Å². The number of aliphatic carboxylic acids is 1. The van der Waals surface area contributed by atoms with E-state index in [4.69, 9.17) is 4.74 Å². The number of ketones is 1. The zero-order valence-electron chi connectivity index (χ0n) is 12.7. The molecule has 22 heavy (non-hydrogen) atoms. The van der Waals surface area contributed by atoms with E-state index in [1.807, 2.05) is 35.2 Å². The molecule has 1 saturated heterocycles. The number of hydrogen-bond donors (Lipinski definition) is 1. The third-order valence-corrected chi connectivity index (χ3v) is 3.95. The summed E-state index contributed by atoms with van der Waals surface area (Å²) in [6.45, 7) is 3.10. The van der Waals surface area contributed by atoms with E-state index in [1.54, 1.807) is 0 Å². The van der Waals surface area contributed by atoms with Crippen molar-refractivity contribution in [3.05, 3.63) is 35.9 Å². The second-order valence-corrected chi connectivity index (χ2v) is 5.69. The quantitative estimate of drug-likeness (QED) is 0.790. The summed E-state index contributed by atoms with van der Waals surface area (Å²) in [5, 5.41) is 9.32. The average molecular weight is 305 g/mol. The number of carboxylic acids is 1. The average Bonchev–Trinajstić information content (AvgIpc) is 2.53. The predicted octanol–water partition coefficient (Wildman–Crippen LogP) is 1.61. The van der Waals surface area contributed by atoms with Gasteiger partial charge in [-0.1, -0.05) is 30.3 Å². The second-order valence-electron chi connectivity index (χ2n) is 5.69. The SMILES string of the molecule is O=C(C[C@@H](CCc1ccccc1)C(=O)O)CN1CCOCC1. The zero-order valence-corrected chi connectivity index (χ0v) is 12.7. The van der Waals surface area contributed by atoms with E-state index < -0.39 is 11.9 Å². The van der Waals surface area contributed by atoms with Crippen LogP contribution in [-0.4, -0.2) is 54.6 Å². The van der Waals surface area contributed by atoms with Crippen LogP contribution in [0.3, 0.4) is 0 Å². The lowest BCUT2D eigenvalue weighted by atomic mass is 9.94. The third kappa shape index (κ3) is 5.58. The number of rotatable bonds is 8. The maximum absolute atomic E-state index is 12.1. The molecule has 1 heterocycles. The summed E-state index contributed by atoms with van der Waals surface area (Å²) >= 11 is 0. The van der Waals surface area contributed by atoms with Crippen molar-refractivity contribution in [2.24, 2.45) is 5.92 Å². The molecule has 0 aliphatic carbocycles. The van der Waals surface area contributed by atoms with Crippen LogP contribution in [0.1, 0.15) is 18.4 Å². The van der Waals surface area contributed by atoms with Crippen molar-refractivity contribution in [3.63, 3.8) is 0 Å². The molecule has 120 valence electrons. The highest BCUT2D eigenvalue weighted by molar-refractivity contribution is 5.85. The van der Waals surface area contributed by atoms with Crippen molar-refractivity contribution in [1.82, 2.24) is 4.90 Å². The number of morpholine rings is 1.